The minimum atomic E-state index is -0.896. The number of carbonyl (C=O) groups excluding carboxylic acids is 4. The molecule has 5 amide bonds. The zero-order valence-electron chi connectivity index (χ0n) is 18.9. The monoisotopic (exact) mass is 523 g/mol. The molecule has 1 fully saturated rings. The largest absolute Gasteiger partial charge is 0.483 e. The van der Waals surface area contributed by atoms with Gasteiger partial charge >= 0.3 is 6.03 Å². The summed E-state index contributed by atoms with van der Waals surface area (Å²) in [5.41, 5.74) is 1.40. The van der Waals surface area contributed by atoms with Gasteiger partial charge < -0.3 is 10.1 Å². The number of nitrogens with zero attached hydrogens (tertiary/aromatic N) is 1. The Labute approximate surface area is 216 Å². The molecule has 0 atom stereocenters. The summed E-state index contributed by atoms with van der Waals surface area (Å²) in [6, 6.07) is 17.2. The molecule has 0 bridgehead atoms. The van der Waals surface area contributed by atoms with Crippen LogP contribution >= 0.6 is 23.2 Å². The molecule has 36 heavy (non-hydrogen) atoms. The highest BCUT2D eigenvalue weighted by molar-refractivity contribution is 6.40. The highest BCUT2D eigenvalue weighted by Gasteiger charge is 2.37. The molecule has 1 saturated heterocycles. The molecule has 0 aromatic heterocycles. The number of benzene rings is 3. The third kappa shape index (κ3) is 5.56. The maximum atomic E-state index is 13.3. The van der Waals surface area contributed by atoms with Gasteiger partial charge in [0.05, 0.1) is 5.69 Å². The van der Waals surface area contributed by atoms with E-state index in [-0.39, 0.29) is 29.2 Å². The van der Waals surface area contributed by atoms with E-state index in [1.54, 1.807) is 49.4 Å². The third-order valence-corrected chi connectivity index (χ3v) is 5.67. The quantitative estimate of drug-likeness (QED) is 0.350. The summed E-state index contributed by atoms with van der Waals surface area (Å²) < 4.78 is 5.65. The van der Waals surface area contributed by atoms with E-state index in [9.17, 15) is 19.2 Å². The number of rotatable bonds is 6. The van der Waals surface area contributed by atoms with Crippen molar-refractivity contribution in [3.8, 4) is 5.75 Å². The molecule has 8 nitrogen and oxygen atoms in total. The van der Waals surface area contributed by atoms with Crippen molar-refractivity contribution in [2.24, 2.45) is 0 Å². The number of hydrogen-bond acceptors (Lipinski definition) is 5. The van der Waals surface area contributed by atoms with E-state index in [0.717, 1.165) is 4.90 Å². The van der Waals surface area contributed by atoms with Gasteiger partial charge in [0, 0.05) is 21.3 Å². The molecular weight excluding hydrogens is 505 g/mol. The molecule has 0 saturated carbocycles. The summed E-state index contributed by atoms with van der Waals surface area (Å²) in [6.07, 6.45) is 1.26. The lowest BCUT2D eigenvalue weighted by Gasteiger charge is -2.27. The molecule has 0 unspecified atom stereocenters. The fraction of sp³-hybridized carbons (Fsp3) is 0.0769. The second-order valence-corrected chi connectivity index (χ2v) is 8.65. The minimum Gasteiger partial charge on any atom is -0.483 e. The van der Waals surface area contributed by atoms with Crippen molar-refractivity contribution >= 4 is 64.4 Å². The van der Waals surface area contributed by atoms with Crippen LogP contribution < -0.4 is 20.3 Å². The molecule has 3 aromatic carbocycles. The Bertz CT molecular complexity index is 1410. The Morgan fingerprint density at radius 3 is 2.44 bits per heavy atom. The zero-order valence-corrected chi connectivity index (χ0v) is 20.4. The van der Waals surface area contributed by atoms with Crippen molar-refractivity contribution in [2.75, 3.05) is 16.8 Å². The normalized spacial score (nSPS) is 14.6. The number of hydrogen-bond donors (Lipinski definition) is 2. The first-order valence-corrected chi connectivity index (χ1v) is 11.4. The predicted molar refractivity (Wildman–Crippen MR) is 137 cm³/mol. The van der Waals surface area contributed by atoms with E-state index in [1.807, 2.05) is 6.07 Å². The highest BCUT2D eigenvalue weighted by Crippen LogP contribution is 2.30. The number of imide groups is 2. The van der Waals surface area contributed by atoms with Crippen molar-refractivity contribution in [1.29, 1.82) is 0 Å². The molecule has 1 heterocycles. The Balaban J connectivity index is 1.62. The van der Waals surface area contributed by atoms with Crippen LogP contribution in [0.3, 0.4) is 0 Å². The number of aryl methyl sites for hydroxylation is 1. The lowest BCUT2D eigenvalue weighted by molar-refractivity contribution is -0.122. The molecule has 0 aliphatic carbocycles. The topological polar surface area (TPSA) is 105 Å². The van der Waals surface area contributed by atoms with Crippen LogP contribution in [-0.4, -0.2) is 30.4 Å². The van der Waals surface area contributed by atoms with Crippen LogP contribution in [0.5, 0.6) is 5.75 Å². The van der Waals surface area contributed by atoms with E-state index in [1.165, 1.54) is 24.3 Å². The fourth-order valence-electron chi connectivity index (χ4n) is 3.48. The van der Waals surface area contributed by atoms with Crippen LogP contribution in [-0.2, 0) is 14.4 Å². The van der Waals surface area contributed by atoms with Crippen LogP contribution in [0, 0.1) is 6.92 Å². The van der Waals surface area contributed by atoms with Crippen molar-refractivity contribution in [2.45, 2.75) is 6.92 Å². The van der Waals surface area contributed by atoms with Gasteiger partial charge in [-0.1, -0.05) is 47.5 Å². The second-order valence-electron chi connectivity index (χ2n) is 7.77. The maximum Gasteiger partial charge on any atom is 0.335 e. The van der Waals surface area contributed by atoms with E-state index in [0.29, 0.717) is 21.3 Å². The molecule has 1 aliphatic heterocycles. The molecule has 3 aromatic rings. The number of nitrogens with one attached hydrogen (secondary N) is 2. The molecule has 4 rings (SSSR count). The van der Waals surface area contributed by atoms with Crippen LogP contribution in [0.15, 0.2) is 72.3 Å². The third-order valence-electron chi connectivity index (χ3n) is 5.20. The number of urea groups is 1. The molecule has 10 heteroatoms. The van der Waals surface area contributed by atoms with E-state index in [2.05, 4.69) is 10.6 Å². The van der Waals surface area contributed by atoms with Gasteiger partial charge in [-0.05, 0) is 61.0 Å². The van der Waals surface area contributed by atoms with Gasteiger partial charge in [0.15, 0.2) is 6.61 Å². The summed E-state index contributed by atoms with van der Waals surface area (Å²) in [6.45, 7) is 1.37. The summed E-state index contributed by atoms with van der Waals surface area (Å²) in [5, 5.41) is 5.49. The van der Waals surface area contributed by atoms with E-state index < -0.39 is 23.8 Å². The predicted octanol–water partition coefficient (Wildman–Crippen LogP) is 4.99. The highest BCUT2D eigenvalue weighted by atomic mass is 35.5. The number of halogens is 2. The number of anilines is 2. The average molecular weight is 524 g/mol. The van der Waals surface area contributed by atoms with Gasteiger partial charge in [0.1, 0.15) is 11.3 Å². The van der Waals surface area contributed by atoms with E-state index in [4.69, 9.17) is 27.9 Å². The van der Waals surface area contributed by atoms with Crippen LogP contribution in [0.2, 0.25) is 10.0 Å². The molecule has 2 N–H and O–H groups in total. The summed E-state index contributed by atoms with van der Waals surface area (Å²) in [4.78, 5) is 51.6. The number of ether oxygens (including phenoxy) is 1. The van der Waals surface area contributed by atoms with Gasteiger partial charge in [-0.3, -0.25) is 19.7 Å². The van der Waals surface area contributed by atoms with Gasteiger partial charge in [-0.2, -0.15) is 0 Å². The number of carbonyl (C=O) groups is 4. The first kappa shape index (κ1) is 25.0. The molecule has 1 aliphatic rings. The maximum absolute atomic E-state index is 13.3. The average Bonchev–Trinajstić information content (AvgIpc) is 2.84. The summed E-state index contributed by atoms with van der Waals surface area (Å²) in [7, 11) is 0. The second kappa shape index (κ2) is 10.6. The van der Waals surface area contributed by atoms with Crippen molar-refractivity contribution in [1.82, 2.24) is 5.32 Å². The Kier molecular flexibility index (Phi) is 7.38. The van der Waals surface area contributed by atoms with Crippen molar-refractivity contribution in [3.63, 3.8) is 0 Å². The van der Waals surface area contributed by atoms with Crippen LogP contribution in [0.4, 0.5) is 16.2 Å². The molecular formula is C26H19Cl2N3O5. The standard InChI is InChI=1S/C26H19Cl2N3O5/c1-15-7-8-18(28)13-21(15)31-25(34)20(24(33)30-26(31)35)12-16-11-17(27)9-10-22(16)36-14-23(32)29-19-5-3-2-4-6-19/h2-13H,14H2,1H3,(H,29,32)(H,30,33,35)/b20-12+. The number of para-hydroxylation sites is 1. The van der Waals surface area contributed by atoms with Crippen molar-refractivity contribution in [3.05, 3.63) is 93.5 Å². The fourth-order valence-corrected chi connectivity index (χ4v) is 3.83. The lowest BCUT2D eigenvalue weighted by Crippen LogP contribution is -2.54. The zero-order chi connectivity index (χ0) is 25.8. The van der Waals surface area contributed by atoms with Crippen LogP contribution in [0.1, 0.15) is 11.1 Å². The Morgan fingerprint density at radius 2 is 1.69 bits per heavy atom. The SMILES string of the molecule is Cc1ccc(Cl)cc1N1C(=O)NC(=O)/C(=C\c2cc(Cl)ccc2OCC(=O)Nc2ccccc2)C1=O. The van der Waals surface area contributed by atoms with E-state index >= 15 is 0 Å². The van der Waals surface area contributed by atoms with Gasteiger partial charge in [0.2, 0.25) is 0 Å². The summed E-state index contributed by atoms with van der Waals surface area (Å²) in [5.74, 6) is -1.93. The smallest absolute Gasteiger partial charge is 0.335 e. The minimum absolute atomic E-state index is 0.207. The molecule has 182 valence electrons. The van der Waals surface area contributed by atoms with Gasteiger partial charge in [0.25, 0.3) is 17.7 Å². The number of amides is 5. The lowest BCUT2D eigenvalue weighted by atomic mass is 10.0. The van der Waals surface area contributed by atoms with Gasteiger partial charge in [-0.15, -0.1) is 0 Å². The number of barbiturate groups is 1. The van der Waals surface area contributed by atoms with Gasteiger partial charge in [-0.25, -0.2) is 9.69 Å². The molecule has 0 radical (unpaired) electrons. The first-order chi connectivity index (χ1) is 17.2. The van der Waals surface area contributed by atoms with Crippen LogP contribution in [0.25, 0.3) is 6.08 Å². The van der Waals surface area contributed by atoms with Crippen molar-refractivity contribution < 1.29 is 23.9 Å². The first-order valence-electron chi connectivity index (χ1n) is 10.7. The molecule has 0 spiro atoms. The Hall–Kier alpha value is -4.14. The Morgan fingerprint density at radius 1 is 1.00 bits per heavy atom. The summed E-state index contributed by atoms with van der Waals surface area (Å²) >= 11 is 12.2.